The van der Waals surface area contributed by atoms with Crippen LogP contribution in [0.5, 0.6) is 0 Å². The Labute approximate surface area is 116 Å². The van der Waals surface area contributed by atoms with Gasteiger partial charge < -0.3 is 4.74 Å². The number of aryl methyl sites for hydroxylation is 2. The highest BCUT2D eigenvalue weighted by Crippen LogP contribution is 2.26. The molecule has 0 aromatic heterocycles. The number of hydrogen-bond donors (Lipinski definition) is 0. The lowest BCUT2D eigenvalue weighted by Crippen LogP contribution is -2.37. The lowest BCUT2D eigenvalue weighted by atomic mass is 9.84. The zero-order chi connectivity index (χ0) is 14.0. The molecule has 104 valence electrons. The van der Waals surface area contributed by atoms with Crippen molar-refractivity contribution in [1.82, 2.24) is 0 Å². The number of methoxy groups -OCH3 is 1. The number of ketones is 1. The molecular weight excluding hydrogens is 236 g/mol. The summed E-state index contributed by atoms with van der Waals surface area (Å²) in [5, 5.41) is 0. The van der Waals surface area contributed by atoms with Crippen LogP contribution in [-0.2, 0) is 28.8 Å². The highest BCUT2D eigenvalue weighted by atomic mass is 16.5. The van der Waals surface area contributed by atoms with E-state index in [-0.39, 0.29) is 17.3 Å². The van der Waals surface area contributed by atoms with Crippen LogP contribution >= 0.6 is 0 Å². The van der Waals surface area contributed by atoms with Crippen molar-refractivity contribution in [2.75, 3.05) is 7.11 Å². The van der Waals surface area contributed by atoms with Crippen LogP contribution in [0, 0.1) is 5.41 Å². The van der Waals surface area contributed by atoms with E-state index in [1.54, 1.807) is 7.11 Å². The Hall–Kier alpha value is -1.15. The molecule has 19 heavy (non-hydrogen) atoms. The van der Waals surface area contributed by atoms with Gasteiger partial charge in [-0.15, -0.1) is 0 Å². The summed E-state index contributed by atoms with van der Waals surface area (Å²) in [5.41, 5.74) is 3.85. The number of rotatable bonds is 4. The summed E-state index contributed by atoms with van der Waals surface area (Å²) in [7, 11) is 1.62. The third kappa shape index (κ3) is 3.24. The van der Waals surface area contributed by atoms with Crippen molar-refractivity contribution in [3.8, 4) is 0 Å². The molecule has 1 aromatic rings. The van der Waals surface area contributed by atoms with E-state index < -0.39 is 0 Å². The molecular formula is C17H24O2. The number of carbonyl (C=O) groups is 1. The summed E-state index contributed by atoms with van der Waals surface area (Å²) in [4.78, 5) is 12.4. The van der Waals surface area contributed by atoms with E-state index in [9.17, 15) is 4.79 Å². The third-order valence-corrected chi connectivity index (χ3v) is 3.86. The molecule has 0 aliphatic heterocycles. The molecule has 1 aliphatic rings. The first-order chi connectivity index (χ1) is 8.91. The molecule has 1 unspecified atom stereocenters. The quantitative estimate of drug-likeness (QED) is 0.830. The van der Waals surface area contributed by atoms with E-state index >= 15 is 0 Å². The molecule has 0 fully saturated rings. The van der Waals surface area contributed by atoms with E-state index in [0.717, 1.165) is 12.0 Å². The van der Waals surface area contributed by atoms with Crippen LogP contribution < -0.4 is 0 Å². The van der Waals surface area contributed by atoms with Gasteiger partial charge in [0.25, 0.3) is 0 Å². The summed E-state index contributed by atoms with van der Waals surface area (Å²) in [5.74, 6) is 0.174. The second kappa shape index (κ2) is 5.46. The molecule has 1 aliphatic carbocycles. The second-order valence-corrected chi connectivity index (χ2v) is 6.58. The first kappa shape index (κ1) is 14.3. The molecule has 2 heteroatoms. The predicted molar refractivity (Wildman–Crippen MR) is 77.4 cm³/mol. The van der Waals surface area contributed by atoms with Crippen molar-refractivity contribution in [3.05, 3.63) is 34.9 Å². The molecule has 0 heterocycles. The van der Waals surface area contributed by atoms with E-state index in [1.165, 1.54) is 24.0 Å². The minimum Gasteiger partial charge on any atom is -0.373 e. The summed E-state index contributed by atoms with van der Waals surface area (Å²) in [6.45, 7) is 6.13. The standard InChI is InChI=1S/C17H24O2/c1-17(2,3)16(19-4)15(18)11-12-8-9-13-6-5-7-14(13)10-12/h8-10,16H,5-7,11H2,1-4H3. The average Bonchev–Trinajstić information content (AvgIpc) is 2.74. The zero-order valence-electron chi connectivity index (χ0n) is 12.5. The normalized spacial score (nSPS) is 16.2. The number of carbonyl (C=O) groups excluding carboxylic acids is 1. The Morgan fingerprint density at radius 1 is 1.26 bits per heavy atom. The Morgan fingerprint density at radius 2 is 1.95 bits per heavy atom. The fraction of sp³-hybridized carbons (Fsp3) is 0.588. The molecule has 0 radical (unpaired) electrons. The maximum atomic E-state index is 12.4. The van der Waals surface area contributed by atoms with Crippen LogP contribution in [0.25, 0.3) is 0 Å². The number of ether oxygens (including phenoxy) is 1. The van der Waals surface area contributed by atoms with E-state index in [4.69, 9.17) is 4.74 Å². The maximum Gasteiger partial charge on any atom is 0.166 e. The number of benzene rings is 1. The number of Topliss-reactive ketones (excluding diaryl/α,β-unsaturated/α-hetero) is 1. The molecule has 0 bridgehead atoms. The van der Waals surface area contributed by atoms with Crippen LogP contribution in [0.3, 0.4) is 0 Å². The number of fused-ring (bicyclic) bond motifs is 1. The van der Waals surface area contributed by atoms with Gasteiger partial charge in [-0.3, -0.25) is 4.79 Å². The third-order valence-electron chi connectivity index (χ3n) is 3.86. The molecule has 0 saturated carbocycles. The average molecular weight is 260 g/mol. The van der Waals surface area contributed by atoms with Crippen LogP contribution in [0.1, 0.15) is 43.9 Å². The highest BCUT2D eigenvalue weighted by Gasteiger charge is 2.30. The lowest BCUT2D eigenvalue weighted by Gasteiger charge is -2.28. The molecule has 0 amide bonds. The smallest absolute Gasteiger partial charge is 0.166 e. The highest BCUT2D eigenvalue weighted by molar-refractivity contribution is 5.86. The first-order valence-corrected chi connectivity index (χ1v) is 7.08. The Kier molecular flexibility index (Phi) is 4.10. The largest absolute Gasteiger partial charge is 0.373 e. The van der Waals surface area contributed by atoms with Crippen molar-refractivity contribution >= 4 is 5.78 Å². The van der Waals surface area contributed by atoms with Gasteiger partial charge in [0.15, 0.2) is 5.78 Å². The topological polar surface area (TPSA) is 26.3 Å². The first-order valence-electron chi connectivity index (χ1n) is 7.08. The van der Waals surface area contributed by atoms with Crippen LogP contribution in [-0.4, -0.2) is 19.0 Å². The van der Waals surface area contributed by atoms with Crippen molar-refractivity contribution in [2.45, 2.75) is 52.6 Å². The minimum atomic E-state index is -0.333. The molecule has 0 N–H and O–H groups in total. The van der Waals surface area contributed by atoms with Gasteiger partial charge in [-0.2, -0.15) is 0 Å². The van der Waals surface area contributed by atoms with Gasteiger partial charge in [0.1, 0.15) is 6.10 Å². The summed E-state index contributed by atoms with van der Waals surface area (Å²) in [6.07, 6.45) is 3.73. The van der Waals surface area contributed by atoms with Crippen molar-refractivity contribution < 1.29 is 9.53 Å². The maximum absolute atomic E-state index is 12.4. The van der Waals surface area contributed by atoms with Crippen molar-refractivity contribution in [1.29, 1.82) is 0 Å². The van der Waals surface area contributed by atoms with E-state index in [1.807, 2.05) is 20.8 Å². The van der Waals surface area contributed by atoms with E-state index in [0.29, 0.717) is 6.42 Å². The summed E-state index contributed by atoms with van der Waals surface area (Å²) >= 11 is 0. The Morgan fingerprint density at radius 3 is 2.58 bits per heavy atom. The second-order valence-electron chi connectivity index (χ2n) is 6.58. The van der Waals surface area contributed by atoms with Crippen molar-refractivity contribution in [2.24, 2.45) is 5.41 Å². The molecule has 2 rings (SSSR count). The van der Waals surface area contributed by atoms with Gasteiger partial charge in [-0.05, 0) is 41.4 Å². The summed E-state index contributed by atoms with van der Waals surface area (Å²) < 4.78 is 5.39. The molecule has 0 spiro atoms. The Bertz CT molecular complexity index is 469. The molecule has 1 aromatic carbocycles. The van der Waals surface area contributed by atoms with Crippen molar-refractivity contribution in [3.63, 3.8) is 0 Å². The van der Waals surface area contributed by atoms with Gasteiger partial charge in [0.05, 0.1) is 0 Å². The van der Waals surface area contributed by atoms with Gasteiger partial charge >= 0.3 is 0 Å². The van der Waals surface area contributed by atoms with Gasteiger partial charge in [0.2, 0.25) is 0 Å². The number of hydrogen-bond acceptors (Lipinski definition) is 2. The predicted octanol–water partition coefficient (Wildman–Crippen LogP) is 3.35. The lowest BCUT2D eigenvalue weighted by molar-refractivity contribution is -0.134. The fourth-order valence-electron chi connectivity index (χ4n) is 3.00. The monoisotopic (exact) mass is 260 g/mol. The van der Waals surface area contributed by atoms with Gasteiger partial charge in [-0.1, -0.05) is 39.0 Å². The molecule has 0 saturated heterocycles. The molecule has 2 nitrogen and oxygen atoms in total. The van der Waals surface area contributed by atoms with Gasteiger partial charge in [0, 0.05) is 13.5 Å². The Balaban J connectivity index is 2.10. The fourth-order valence-corrected chi connectivity index (χ4v) is 3.00. The van der Waals surface area contributed by atoms with Crippen LogP contribution in [0.15, 0.2) is 18.2 Å². The minimum absolute atomic E-state index is 0.150. The summed E-state index contributed by atoms with van der Waals surface area (Å²) in [6, 6.07) is 6.48. The van der Waals surface area contributed by atoms with E-state index in [2.05, 4.69) is 18.2 Å². The van der Waals surface area contributed by atoms with Gasteiger partial charge in [-0.25, -0.2) is 0 Å². The SMILES string of the molecule is COC(C(=O)Cc1ccc2c(c1)CCC2)C(C)(C)C. The van der Waals surface area contributed by atoms with Crippen LogP contribution in [0.2, 0.25) is 0 Å². The van der Waals surface area contributed by atoms with Crippen LogP contribution in [0.4, 0.5) is 0 Å². The zero-order valence-corrected chi connectivity index (χ0v) is 12.5. The molecule has 1 atom stereocenters.